The number of phenols is 1. The molecule has 4 heteroatoms. The maximum absolute atomic E-state index is 12.4. The standard InChI is InChI=1S/C15H12O4/c1-2-18-15-11(16)8-7-10-13(17)9-5-3-4-6-12(9)19-14(10)15/h3-8,16H,2H2,1H3. The zero-order valence-electron chi connectivity index (χ0n) is 10.3. The molecule has 0 saturated carbocycles. The van der Waals surface area contributed by atoms with Crippen LogP contribution in [0.2, 0.25) is 0 Å². The van der Waals surface area contributed by atoms with Crippen LogP contribution in [0, 0.1) is 0 Å². The lowest BCUT2D eigenvalue weighted by Gasteiger charge is -2.09. The molecule has 0 saturated heterocycles. The third-order valence-electron chi connectivity index (χ3n) is 2.97. The monoisotopic (exact) mass is 256 g/mol. The van der Waals surface area contributed by atoms with E-state index in [1.54, 1.807) is 37.3 Å². The summed E-state index contributed by atoms with van der Waals surface area (Å²) in [6, 6.07) is 10.0. The minimum absolute atomic E-state index is 0.0345. The molecule has 96 valence electrons. The first-order valence-corrected chi connectivity index (χ1v) is 6.02. The van der Waals surface area contributed by atoms with Crippen LogP contribution in [-0.2, 0) is 0 Å². The highest BCUT2D eigenvalue weighted by Gasteiger charge is 2.15. The van der Waals surface area contributed by atoms with Crippen molar-refractivity contribution in [3.05, 3.63) is 46.6 Å². The fourth-order valence-corrected chi connectivity index (χ4v) is 2.11. The van der Waals surface area contributed by atoms with Crippen LogP contribution in [0.5, 0.6) is 11.5 Å². The first kappa shape index (κ1) is 11.6. The summed E-state index contributed by atoms with van der Waals surface area (Å²) in [6.45, 7) is 2.18. The molecule has 19 heavy (non-hydrogen) atoms. The SMILES string of the molecule is CCOc1c(O)ccc2c(=O)c3ccccc3oc12. The molecule has 0 aliphatic rings. The number of hydrogen-bond donors (Lipinski definition) is 1. The summed E-state index contributed by atoms with van der Waals surface area (Å²) < 4.78 is 11.1. The van der Waals surface area contributed by atoms with Crippen molar-refractivity contribution < 1.29 is 14.3 Å². The summed E-state index contributed by atoms with van der Waals surface area (Å²) in [5.41, 5.74) is 0.634. The molecule has 1 aromatic heterocycles. The highest BCUT2D eigenvalue weighted by molar-refractivity contribution is 5.93. The minimum Gasteiger partial charge on any atom is -0.504 e. The van der Waals surface area contributed by atoms with Crippen LogP contribution < -0.4 is 10.2 Å². The highest BCUT2D eigenvalue weighted by atomic mass is 16.5. The third kappa shape index (κ3) is 1.73. The van der Waals surface area contributed by atoms with Crippen molar-refractivity contribution in [1.29, 1.82) is 0 Å². The molecule has 0 unspecified atom stereocenters. The molecule has 0 aliphatic heterocycles. The van der Waals surface area contributed by atoms with Gasteiger partial charge in [0.15, 0.2) is 11.3 Å². The Hall–Kier alpha value is -2.49. The first-order valence-electron chi connectivity index (χ1n) is 6.02. The Morgan fingerprint density at radius 2 is 1.95 bits per heavy atom. The van der Waals surface area contributed by atoms with Crippen molar-refractivity contribution in [3.63, 3.8) is 0 Å². The number of hydrogen-bond acceptors (Lipinski definition) is 4. The molecular formula is C15H12O4. The topological polar surface area (TPSA) is 59.7 Å². The Labute approximate surface area is 108 Å². The fraction of sp³-hybridized carbons (Fsp3) is 0.133. The molecular weight excluding hydrogens is 244 g/mol. The van der Waals surface area contributed by atoms with Gasteiger partial charge in [-0.05, 0) is 31.2 Å². The van der Waals surface area contributed by atoms with Crippen LogP contribution in [0.15, 0.2) is 45.6 Å². The average molecular weight is 256 g/mol. The Kier molecular flexibility index (Phi) is 2.63. The lowest BCUT2D eigenvalue weighted by atomic mass is 10.1. The Morgan fingerprint density at radius 1 is 1.16 bits per heavy atom. The van der Waals surface area contributed by atoms with Gasteiger partial charge in [-0.25, -0.2) is 0 Å². The van der Waals surface area contributed by atoms with Crippen molar-refractivity contribution in [3.8, 4) is 11.5 Å². The molecule has 0 atom stereocenters. The second-order valence-corrected chi connectivity index (χ2v) is 4.15. The molecule has 1 N–H and O–H groups in total. The van der Waals surface area contributed by atoms with E-state index in [0.717, 1.165) is 0 Å². The maximum Gasteiger partial charge on any atom is 0.204 e. The molecule has 0 aliphatic carbocycles. The zero-order valence-corrected chi connectivity index (χ0v) is 10.3. The van der Waals surface area contributed by atoms with E-state index in [1.807, 2.05) is 0 Å². The average Bonchev–Trinajstić information content (AvgIpc) is 2.43. The molecule has 2 aromatic carbocycles. The Bertz CT molecular complexity index is 817. The number of rotatable bonds is 2. The van der Waals surface area contributed by atoms with Crippen LogP contribution in [0.1, 0.15) is 6.92 Å². The highest BCUT2D eigenvalue weighted by Crippen LogP contribution is 2.35. The van der Waals surface area contributed by atoms with Gasteiger partial charge in [0.05, 0.1) is 17.4 Å². The second-order valence-electron chi connectivity index (χ2n) is 4.15. The van der Waals surface area contributed by atoms with E-state index in [0.29, 0.717) is 23.0 Å². The second kappa shape index (κ2) is 4.31. The van der Waals surface area contributed by atoms with Crippen LogP contribution in [0.4, 0.5) is 0 Å². The van der Waals surface area contributed by atoms with E-state index < -0.39 is 0 Å². The van der Waals surface area contributed by atoms with Crippen molar-refractivity contribution in [1.82, 2.24) is 0 Å². The van der Waals surface area contributed by atoms with Crippen molar-refractivity contribution in [2.24, 2.45) is 0 Å². The third-order valence-corrected chi connectivity index (χ3v) is 2.97. The fourth-order valence-electron chi connectivity index (χ4n) is 2.11. The summed E-state index contributed by atoms with van der Waals surface area (Å²) in [6.07, 6.45) is 0. The molecule has 3 rings (SSSR count). The summed E-state index contributed by atoms with van der Waals surface area (Å²) in [4.78, 5) is 12.4. The van der Waals surface area contributed by atoms with Gasteiger partial charge in [-0.1, -0.05) is 12.1 Å². The smallest absolute Gasteiger partial charge is 0.204 e. The number of para-hydroxylation sites is 1. The van der Waals surface area contributed by atoms with Gasteiger partial charge in [0.2, 0.25) is 11.2 Å². The van der Waals surface area contributed by atoms with E-state index in [9.17, 15) is 9.90 Å². The van der Waals surface area contributed by atoms with Gasteiger partial charge in [0, 0.05) is 0 Å². The Balaban J connectivity index is 2.50. The summed E-state index contributed by atoms with van der Waals surface area (Å²) in [7, 11) is 0. The number of ether oxygens (including phenoxy) is 1. The van der Waals surface area contributed by atoms with Gasteiger partial charge in [-0.2, -0.15) is 0 Å². The van der Waals surface area contributed by atoms with Gasteiger partial charge < -0.3 is 14.3 Å². The zero-order chi connectivity index (χ0) is 13.4. The minimum atomic E-state index is -0.127. The molecule has 0 spiro atoms. The van der Waals surface area contributed by atoms with Gasteiger partial charge >= 0.3 is 0 Å². The number of phenolic OH excluding ortho intramolecular Hbond substituents is 1. The Morgan fingerprint density at radius 3 is 2.74 bits per heavy atom. The van der Waals surface area contributed by atoms with Crippen molar-refractivity contribution >= 4 is 21.9 Å². The molecule has 4 nitrogen and oxygen atoms in total. The van der Waals surface area contributed by atoms with E-state index in [-0.39, 0.29) is 22.5 Å². The number of benzene rings is 2. The molecule has 0 bridgehead atoms. The van der Waals surface area contributed by atoms with E-state index in [2.05, 4.69) is 0 Å². The van der Waals surface area contributed by atoms with Gasteiger partial charge in [-0.15, -0.1) is 0 Å². The summed E-state index contributed by atoms with van der Waals surface area (Å²) in [5.74, 6) is 0.177. The van der Waals surface area contributed by atoms with Crippen molar-refractivity contribution in [2.45, 2.75) is 6.92 Å². The summed E-state index contributed by atoms with van der Waals surface area (Å²) >= 11 is 0. The maximum atomic E-state index is 12.4. The predicted molar refractivity (Wildman–Crippen MR) is 72.8 cm³/mol. The summed E-state index contributed by atoms with van der Waals surface area (Å²) in [5, 5.41) is 10.7. The predicted octanol–water partition coefficient (Wildman–Crippen LogP) is 3.05. The number of fused-ring (bicyclic) bond motifs is 2. The van der Waals surface area contributed by atoms with Gasteiger partial charge in [0.1, 0.15) is 5.58 Å². The van der Waals surface area contributed by atoms with Crippen LogP contribution in [0.25, 0.3) is 21.9 Å². The molecule has 3 aromatic rings. The van der Waals surface area contributed by atoms with Crippen LogP contribution in [-0.4, -0.2) is 11.7 Å². The molecule has 1 heterocycles. The lowest BCUT2D eigenvalue weighted by molar-refractivity contribution is 0.317. The van der Waals surface area contributed by atoms with Crippen molar-refractivity contribution in [2.75, 3.05) is 6.61 Å². The van der Waals surface area contributed by atoms with E-state index in [1.165, 1.54) is 6.07 Å². The van der Waals surface area contributed by atoms with E-state index in [4.69, 9.17) is 9.15 Å². The van der Waals surface area contributed by atoms with Crippen LogP contribution >= 0.6 is 0 Å². The van der Waals surface area contributed by atoms with Gasteiger partial charge in [-0.3, -0.25) is 4.79 Å². The van der Waals surface area contributed by atoms with Crippen LogP contribution in [0.3, 0.4) is 0 Å². The quantitative estimate of drug-likeness (QED) is 0.716. The molecule has 0 radical (unpaired) electrons. The lowest BCUT2D eigenvalue weighted by Crippen LogP contribution is -2.03. The number of aromatic hydroxyl groups is 1. The van der Waals surface area contributed by atoms with E-state index >= 15 is 0 Å². The molecule has 0 fully saturated rings. The molecule has 0 amide bonds. The first-order chi connectivity index (χ1) is 9.22. The largest absolute Gasteiger partial charge is 0.504 e. The van der Waals surface area contributed by atoms with Gasteiger partial charge in [0.25, 0.3) is 0 Å². The normalized spacial score (nSPS) is 11.0.